The summed E-state index contributed by atoms with van der Waals surface area (Å²) in [6.45, 7) is 0.770. The fraction of sp³-hybridized carbons (Fsp3) is 0.421. The molecule has 0 fully saturated rings. The Morgan fingerprint density at radius 2 is 2.04 bits per heavy atom. The molecule has 1 aromatic carbocycles. The number of H-pyrrole nitrogens is 1. The van der Waals surface area contributed by atoms with E-state index >= 15 is 0 Å². The van der Waals surface area contributed by atoms with Gasteiger partial charge in [-0.2, -0.15) is 0 Å². The van der Waals surface area contributed by atoms with Gasteiger partial charge in [-0.1, -0.05) is 6.07 Å². The van der Waals surface area contributed by atoms with Crippen LogP contribution < -0.4 is 11.2 Å². The van der Waals surface area contributed by atoms with E-state index in [1.807, 2.05) is 0 Å². The fourth-order valence-corrected chi connectivity index (χ4v) is 3.57. The minimum Gasteiger partial charge on any atom is -0.342 e. The number of aromatic amines is 1. The third-order valence-corrected chi connectivity index (χ3v) is 5.03. The summed E-state index contributed by atoms with van der Waals surface area (Å²) >= 11 is 0. The largest absolute Gasteiger partial charge is 0.342 e. The SMILES string of the molecule is CN(CCCn1c2c(c(=O)[nH]c1=O)CCCC2)C(=O)c1cccc([N+](=O)[O-])c1. The molecule has 0 saturated heterocycles. The number of carbonyl (C=O) groups is 1. The van der Waals surface area contributed by atoms with E-state index in [-0.39, 0.29) is 22.7 Å². The zero-order valence-corrected chi connectivity index (χ0v) is 15.6. The molecule has 0 unspecified atom stereocenters. The molecule has 0 saturated carbocycles. The number of rotatable bonds is 6. The summed E-state index contributed by atoms with van der Waals surface area (Å²) < 4.78 is 1.60. The van der Waals surface area contributed by atoms with Gasteiger partial charge in [0.1, 0.15) is 0 Å². The number of benzene rings is 1. The summed E-state index contributed by atoms with van der Waals surface area (Å²) in [5.41, 5.74) is 0.882. The van der Waals surface area contributed by atoms with Crippen LogP contribution in [0.25, 0.3) is 0 Å². The van der Waals surface area contributed by atoms with Crippen molar-refractivity contribution in [2.24, 2.45) is 0 Å². The van der Waals surface area contributed by atoms with Gasteiger partial charge in [0.2, 0.25) is 0 Å². The summed E-state index contributed by atoms with van der Waals surface area (Å²) in [5, 5.41) is 10.9. The lowest BCUT2D eigenvalue weighted by Crippen LogP contribution is -2.37. The van der Waals surface area contributed by atoms with Crippen molar-refractivity contribution in [3.05, 3.63) is 72.0 Å². The topological polar surface area (TPSA) is 118 Å². The molecule has 2 aromatic rings. The molecule has 1 aromatic heterocycles. The van der Waals surface area contributed by atoms with Gasteiger partial charge in [-0.15, -0.1) is 0 Å². The number of nitro benzene ring substituents is 1. The number of nitrogens with zero attached hydrogens (tertiary/aromatic N) is 3. The van der Waals surface area contributed by atoms with E-state index in [1.54, 1.807) is 11.6 Å². The fourth-order valence-electron chi connectivity index (χ4n) is 3.57. The molecule has 9 nitrogen and oxygen atoms in total. The predicted octanol–water partition coefficient (Wildman–Crippen LogP) is 1.49. The number of hydrogen-bond donors (Lipinski definition) is 1. The predicted molar refractivity (Wildman–Crippen MR) is 103 cm³/mol. The Hall–Kier alpha value is -3.23. The first-order chi connectivity index (χ1) is 13.4. The average Bonchev–Trinajstić information content (AvgIpc) is 2.69. The minimum absolute atomic E-state index is 0.134. The number of hydrogen-bond acceptors (Lipinski definition) is 5. The second-order valence-corrected chi connectivity index (χ2v) is 6.93. The molecule has 0 spiro atoms. The van der Waals surface area contributed by atoms with Crippen molar-refractivity contribution in [1.29, 1.82) is 0 Å². The Kier molecular flexibility index (Phi) is 5.72. The molecule has 3 rings (SSSR count). The highest BCUT2D eigenvalue weighted by Gasteiger charge is 2.19. The third kappa shape index (κ3) is 4.03. The van der Waals surface area contributed by atoms with Gasteiger partial charge < -0.3 is 4.90 Å². The Morgan fingerprint density at radius 1 is 1.29 bits per heavy atom. The summed E-state index contributed by atoms with van der Waals surface area (Å²) in [5.74, 6) is -0.320. The highest BCUT2D eigenvalue weighted by molar-refractivity contribution is 5.94. The van der Waals surface area contributed by atoms with E-state index in [2.05, 4.69) is 4.98 Å². The van der Waals surface area contributed by atoms with Crippen LogP contribution in [0, 0.1) is 10.1 Å². The first-order valence-corrected chi connectivity index (χ1v) is 9.23. The van der Waals surface area contributed by atoms with Crippen molar-refractivity contribution in [2.75, 3.05) is 13.6 Å². The van der Waals surface area contributed by atoms with Crippen molar-refractivity contribution in [3.63, 3.8) is 0 Å². The Morgan fingerprint density at radius 3 is 2.79 bits per heavy atom. The van der Waals surface area contributed by atoms with Crippen molar-refractivity contribution in [2.45, 2.75) is 38.6 Å². The highest BCUT2D eigenvalue weighted by atomic mass is 16.6. The molecular formula is C19H22N4O5. The maximum Gasteiger partial charge on any atom is 0.328 e. The summed E-state index contributed by atoms with van der Waals surface area (Å²) in [6.07, 6.45) is 3.79. The molecule has 0 radical (unpaired) electrons. The number of nitro groups is 1. The van der Waals surface area contributed by atoms with Gasteiger partial charge in [-0.25, -0.2) is 4.79 Å². The molecular weight excluding hydrogens is 364 g/mol. The number of aromatic nitrogens is 2. The molecule has 1 aliphatic carbocycles. The lowest BCUT2D eigenvalue weighted by atomic mass is 9.97. The van der Waals surface area contributed by atoms with Crippen LogP contribution in [0.5, 0.6) is 0 Å². The van der Waals surface area contributed by atoms with Gasteiger partial charge in [-0.05, 0) is 38.2 Å². The van der Waals surface area contributed by atoms with Gasteiger partial charge in [0.05, 0.1) is 4.92 Å². The normalized spacial score (nSPS) is 13.0. The van der Waals surface area contributed by atoms with Crippen molar-refractivity contribution >= 4 is 11.6 Å². The number of amides is 1. The second-order valence-electron chi connectivity index (χ2n) is 6.93. The van der Waals surface area contributed by atoms with Crippen molar-refractivity contribution < 1.29 is 9.72 Å². The van der Waals surface area contributed by atoms with E-state index in [0.717, 1.165) is 18.5 Å². The highest BCUT2D eigenvalue weighted by Crippen LogP contribution is 2.17. The van der Waals surface area contributed by atoms with Crippen LogP contribution in [0.2, 0.25) is 0 Å². The maximum atomic E-state index is 12.5. The van der Waals surface area contributed by atoms with Crippen LogP contribution in [-0.2, 0) is 19.4 Å². The number of carbonyl (C=O) groups excluding carboxylic acids is 1. The third-order valence-electron chi connectivity index (χ3n) is 5.03. The smallest absolute Gasteiger partial charge is 0.328 e. The lowest BCUT2D eigenvalue weighted by molar-refractivity contribution is -0.384. The minimum atomic E-state index is -0.539. The summed E-state index contributed by atoms with van der Waals surface area (Å²) in [4.78, 5) is 50.9. The monoisotopic (exact) mass is 386 g/mol. The zero-order valence-electron chi connectivity index (χ0n) is 15.6. The Labute approximate surface area is 160 Å². The van der Waals surface area contributed by atoms with Gasteiger partial charge in [0.25, 0.3) is 17.2 Å². The van der Waals surface area contributed by atoms with Gasteiger partial charge in [0, 0.05) is 49.1 Å². The van der Waals surface area contributed by atoms with Crippen LogP contribution >= 0.6 is 0 Å². The Balaban J connectivity index is 1.68. The quantitative estimate of drug-likeness (QED) is 0.596. The van der Waals surface area contributed by atoms with Crippen LogP contribution in [0.4, 0.5) is 5.69 Å². The number of nitrogens with one attached hydrogen (secondary N) is 1. The molecule has 0 aliphatic heterocycles. The van der Waals surface area contributed by atoms with Crippen molar-refractivity contribution in [3.8, 4) is 0 Å². The van der Waals surface area contributed by atoms with Crippen molar-refractivity contribution in [1.82, 2.24) is 14.5 Å². The van der Waals surface area contributed by atoms with Gasteiger partial charge in [-0.3, -0.25) is 29.3 Å². The zero-order chi connectivity index (χ0) is 20.3. The second kappa shape index (κ2) is 8.20. The summed E-state index contributed by atoms with van der Waals surface area (Å²) in [7, 11) is 1.62. The van der Waals surface area contributed by atoms with Gasteiger partial charge >= 0.3 is 5.69 Å². The summed E-state index contributed by atoms with van der Waals surface area (Å²) in [6, 6.07) is 5.60. The molecule has 0 atom stereocenters. The number of fused-ring (bicyclic) bond motifs is 1. The molecule has 148 valence electrons. The molecule has 28 heavy (non-hydrogen) atoms. The first-order valence-electron chi connectivity index (χ1n) is 9.23. The molecule has 9 heteroatoms. The average molecular weight is 386 g/mol. The molecule has 1 N–H and O–H groups in total. The van der Waals surface area contributed by atoms with Crippen LogP contribution in [-0.4, -0.2) is 38.9 Å². The van der Waals surface area contributed by atoms with Crippen LogP contribution in [0.15, 0.2) is 33.9 Å². The Bertz CT molecular complexity index is 1020. The van der Waals surface area contributed by atoms with Crippen LogP contribution in [0.1, 0.15) is 40.9 Å². The van der Waals surface area contributed by atoms with E-state index in [1.165, 1.54) is 29.2 Å². The van der Waals surface area contributed by atoms with E-state index < -0.39 is 10.6 Å². The molecule has 1 heterocycles. The number of non-ortho nitro benzene ring substituents is 1. The standard InChI is InChI=1S/C19H22N4O5/c1-21(18(25)13-6-4-7-14(12-13)23(27)28)10-5-11-22-16-9-3-2-8-15(16)17(24)20-19(22)26/h4,6-7,12H,2-3,5,8-11H2,1H3,(H,20,24,26). The molecule has 1 amide bonds. The van der Waals surface area contributed by atoms with Crippen LogP contribution in [0.3, 0.4) is 0 Å². The first kappa shape index (κ1) is 19.5. The van der Waals surface area contributed by atoms with E-state index in [9.17, 15) is 24.5 Å². The molecule has 0 bridgehead atoms. The van der Waals surface area contributed by atoms with E-state index in [4.69, 9.17) is 0 Å². The van der Waals surface area contributed by atoms with Gasteiger partial charge in [0.15, 0.2) is 0 Å². The lowest BCUT2D eigenvalue weighted by Gasteiger charge is -2.21. The maximum absolute atomic E-state index is 12.5. The van der Waals surface area contributed by atoms with E-state index in [0.29, 0.717) is 37.9 Å². The molecule has 1 aliphatic rings.